The second-order valence-corrected chi connectivity index (χ2v) is 15.3. The second-order valence-electron chi connectivity index (χ2n) is 15.3. The number of allylic oxidation sites excluding steroid dienone is 1. The average Bonchev–Trinajstić information content (AvgIpc) is 3.83. The summed E-state index contributed by atoms with van der Waals surface area (Å²) in [5.41, 5.74) is 0.0473. The molecular weight excluding hydrogens is 718 g/mol. The Morgan fingerprint density at radius 2 is 1.51 bits per heavy atom. The molecule has 3 aliphatic heterocycles. The minimum absolute atomic E-state index is 0.00266. The minimum Gasteiger partial charge on any atom is -0.461 e. The van der Waals surface area contributed by atoms with Gasteiger partial charge in [-0.15, -0.1) is 0 Å². The third kappa shape index (κ3) is 10.7. The van der Waals surface area contributed by atoms with Gasteiger partial charge in [0.1, 0.15) is 54.5 Å². The number of rotatable bonds is 9. The third-order valence-corrected chi connectivity index (χ3v) is 11.1. The summed E-state index contributed by atoms with van der Waals surface area (Å²) < 4.78 is 34.1. The van der Waals surface area contributed by atoms with E-state index in [9.17, 15) is 42.3 Å². The zero-order chi connectivity index (χ0) is 40.7. The number of nitrogens with zero attached hydrogens (tertiary/aromatic N) is 3. The third-order valence-electron chi connectivity index (χ3n) is 11.1. The van der Waals surface area contributed by atoms with Gasteiger partial charge in [-0.25, -0.2) is 13.6 Å². The van der Waals surface area contributed by atoms with Gasteiger partial charge in [0.05, 0.1) is 0 Å². The van der Waals surface area contributed by atoms with Crippen molar-refractivity contribution in [2.75, 3.05) is 26.7 Å². The van der Waals surface area contributed by atoms with Gasteiger partial charge in [0, 0.05) is 32.6 Å². The summed E-state index contributed by atoms with van der Waals surface area (Å²) in [6.07, 6.45) is 4.02. The van der Waals surface area contributed by atoms with Gasteiger partial charge >= 0.3 is 5.97 Å². The highest BCUT2D eigenvalue weighted by Crippen LogP contribution is 2.24. The molecular formula is C39H54F2N6O8. The number of likely N-dealkylation sites (N-methyl/N-ethyl adjacent to an activating group) is 1. The first kappa shape index (κ1) is 42.8. The molecule has 0 saturated carbocycles. The molecule has 4 rings (SSSR count). The van der Waals surface area contributed by atoms with E-state index in [1.165, 1.54) is 41.7 Å². The molecule has 0 aromatic heterocycles. The van der Waals surface area contributed by atoms with Crippen LogP contribution in [0.5, 0.6) is 0 Å². The number of carbonyl (C=O) groups excluding carboxylic acids is 7. The van der Waals surface area contributed by atoms with Crippen molar-refractivity contribution in [1.29, 1.82) is 0 Å². The van der Waals surface area contributed by atoms with Crippen LogP contribution in [0.25, 0.3) is 0 Å². The molecule has 302 valence electrons. The van der Waals surface area contributed by atoms with Crippen molar-refractivity contribution < 1.29 is 47.1 Å². The van der Waals surface area contributed by atoms with Crippen molar-refractivity contribution in [3.8, 4) is 0 Å². The number of esters is 1. The summed E-state index contributed by atoms with van der Waals surface area (Å²) in [7, 11) is 1.42. The SMILES string of the molecule is CC(C)[C@H](C)[C@H](C)/C=C/C(=O)N[C@@H](Cc1cc(F)cc(F)c1)C(=O)N[C@H]1COC(=O)[C@@H]2CCCN2C(=O)[C@H](C)NC(=O)[C@H](C)N(C)C(=O)[C@@H]2CCCN2C1=O. The molecule has 0 spiro atoms. The highest BCUT2D eigenvalue weighted by molar-refractivity contribution is 5.98. The van der Waals surface area contributed by atoms with Crippen molar-refractivity contribution in [2.45, 2.75) is 110 Å². The van der Waals surface area contributed by atoms with Crippen molar-refractivity contribution in [3.63, 3.8) is 0 Å². The van der Waals surface area contributed by atoms with Crippen LogP contribution in [-0.2, 0) is 44.7 Å². The van der Waals surface area contributed by atoms with E-state index in [1.807, 2.05) is 13.8 Å². The zero-order valence-electron chi connectivity index (χ0n) is 32.6. The van der Waals surface area contributed by atoms with Crippen LogP contribution in [0.4, 0.5) is 8.78 Å². The van der Waals surface area contributed by atoms with E-state index in [-0.39, 0.29) is 49.8 Å². The van der Waals surface area contributed by atoms with Crippen molar-refractivity contribution in [3.05, 3.63) is 47.5 Å². The highest BCUT2D eigenvalue weighted by Gasteiger charge is 2.43. The number of hydrogen-bond donors (Lipinski definition) is 3. The molecule has 0 unspecified atom stereocenters. The summed E-state index contributed by atoms with van der Waals surface area (Å²) in [6.45, 7) is 10.7. The van der Waals surface area contributed by atoms with E-state index >= 15 is 0 Å². The fourth-order valence-corrected chi connectivity index (χ4v) is 7.13. The topological polar surface area (TPSA) is 175 Å². The monoisotopic (exact) mass is 772 g/mol. The smallest absolute Gasteiger partial charge is 0.328 e. The predicted octanol–water partition coefficient (Wildman–Crippen LogP) is 1.85. The van der Waals surface area contributed by atoms with Crippen LogP contribution in [0.15, 0.2) is 30.4 Å². The van der Waals surface area contributed by atoms with Gasteiger partial charge in [-0.2, -0.15) is 0 Å². The van der Waals surface area contributed by atoms with Crippen LogP contribution in [0.1, 0.15) is 72.8 Å². The molecule has 1 aromatic carbocycles. The standard InChI is InChI=1S/C39H54F2N6O8/c1-21(2)23(4)22(3)12-13-33(48)43-29(18-26-16-27(40)19-28(41)17-26)35(50)44-30-20-55-39(54)32-11-9-15-47(32)36(51)24(5)42-34(49)25(6)45(7)38(53)31-10-8-14-46(31)37(30)52/h12-13,16-17,19,21-25,29-32H,8-11,14-15,18,20H2,1-7H3,(H,42,49)(H,43,48)(H,44,50)/b13-12+/t22-,23+,24+,25+,29+,30+,31+,32+/m1/s1. The van der Waals surface area contributed by atoms with Gasteiger partial charge in [-0.3, -0.25) is 28.8 Å². The molecule has 6 amide bonds. The number of ether oxygens (including phenoxy) is 1. The number of cyclic esters (lactones) is 1. The molecule has 3 saturated heterocycles. The van der Waals surface area contributed by atoms with Gasteiger partial charge in [0.2, 0.25) is 35.4 Å². The summed E-state index contributed by atoms with van der Waals surface area (Å²) in [5.74, 6) is -6.09. The average molecular weight is 773 g/mol. The van der Waals surface area contributed by atoms with Crippen molar-refractivity contribution in [1.82, 2.24) is 30.7 Å². The second kappa shape index (κ2) is 18.6. The Morgan fingerprint density at radius 3 is 2.13 bits per heavy atom. The van der Waals surface area contributed by atoms with Crippen LogP contribution in [0.3, 0.4) is 0 Å². The van der Waals surface area contributed by atoms with E-state index in [4.69, 9.17) is 4.74 Å². The number of fused-ring (bicyclic) bond motifs is 2. The maximum Gasteiger partial charge on any atom is 0.328 e. The Labute approximate surface area is 320 Å². The molecule has 3 heterocycles. The van der Waals surface area contributed by atoms with Gasteiger partial charge in [0.25, 0.3) is 0 Å². The molecule has 3 aliphatic rings. The number of halogens is 2. The van der Waals surface area contributed by atoms with Crippen LogP contribution in [-0.4, -0.2) is 119 Å². The van der Waals surface area contributed by atoms with E-state index in [0.29, 0.717) is 24.8 Å². The molecule has 3 N–H and O–H groups in total. The maximum atomic E-state index is 14.3. The fraction of sp³-hybridized carbons (Fsp3) is 0.615. The van der Waals surface area contributed by atoms with Crippen LogP contribution >= 0.6 is 0 Å². The van der Waals surface area contributed by atoms with Crippen LogP contribution in [0.2, 0.25) is 0 Å². The quantitative estimate of drug-likeness (QED) is 0.252. The lowest BCUT2D eigenvalue weighted by Crippen LogP contribution is -2.60. The number of benzene rings is 1. The highest BCUT2D eigenvalue weighted by atomic mass is 19.1. The van der Waals surface area contributed by atoms with Crippen LogP contribution < -0.4 is 16.0 Å². The van der Waals surface area contributed by atoms with Crippen molar-refractivity contribution >= 4 is 41.4 Å². The molecule has 8 atom stereocenters. The van der Waals surface area contributed by atoms with Gasteiger partial charge in [0.15, 0.2) is 0 Å². The van der Waals surface area contributed by atoms with Crippen LogP contribution in [0, 0.1) is 29.4 Å². The van der Waals surface area contributed by atoms with Gasteiger partial charge in [-0.1, -0.05) is 33.8 Å². The molecule has 3 fully saturated rings. The summed E-state index contributed by atoms with van der Waals surface area (Å²) >= 11 is 0. The predicted molar refractivity (Wildman–Crippen MR) is 196 cm³/mol. The minimum atomic E-state index is -1.57. The lowest BCUT2D eigenvalue weighted by atomic mass is 9.86. The van der Waals surface area contributed by atoms with E-state index in [1.54, 1.807) is 6.08 Å². The number of hydrogen-bond acceptors (Lipinski definition) is 8. The summed E-state index contributed by atoms with van der Waals surface area (Å²) in [4.78, 5) is 99.1. The molecule has 16 heteroatoms. The van der Waals surface area contributed by atoms with E-state index < -0.39 is 95.9 Å². The largest absolute Gasteiger partial charge is 0.461 e. The van der Waals surface area contributed by atoms with E-state index in [0.717, 1.165) is 12.1 Å². The number of nitrogens with one attached hydrogen (secondary N) is 3. The first-order chi connectivity index (χ1) is 25.9. The molecule has 1 aromatic rings. The number of amides is 6. The van der Waals surface area contributed by atoms with Crippen molar-refractivity contribution in [2.24, 2.45) is 17.8 Å². The first-order valence-electron chi connectivity index (χ1n) is 19.0. The van der Waals surface area contributed by atoms with Gasteiger partial charge < -0.3 is 35.4 Å². The first-order valence-corrected chi connectivity index (χ1v) is 19.0. The fourth-order valence-electron chi connectivity index (χ4n) is 7.13. The molecule has 0 radical (unpaired) electrons. The Kier molecular flexibility index (Phi) is 14.5. The molecule has 55 heavy (non-hydrogen) atoms. The maximum absolute atomic E-state index is 14.3. The Hall–Kier alpha value is -4.89. The molecule has 14 nitrogen and oxygen atoms in total. The lowest BCUT2D eigenvalue weighted by molar-refractivity contribution is -0.158. The normalized spacial score (nSPS) is 26.0. The Morgan fingerprint density at radius 1 is 0.909 bits per heavy atom. The lowest BCUT2D eigenvalue weighted by Gasteiger charge is -2.34. The zero-order valence-corrected chi connectivity index (χ0v) is 32.6. The summed E-state index contributed by atoms with van der Waals surface area (Å²) in [5, 5.41) is 7.78. The van der Waals surface area contributed by atoms with Gasteiger partial charge in [-0.05, 0) is 81.1 Å². The summed E-state index contributed by atoms with van der Waals surface area (Å²) in [6, 6.07) is -4.40. The Bertz CT molecular complexity index is 1650. The molecule has 0 bridgehead atoms. The Balaban J connectivity index is 1.67. The number of carbonyl (C=O) groups is 7. The van der Waals surface area contributed by atoms with E-state index in [2.05, 4.69) is 29.8 Å². The molecule has 0 aliphatic carbocycles.